The lowest BCUT2D eigenvalue weighted by Gasteiger charge is -2.30. The normalized spacial score (nSPS) is 15.2. The predicted octanol–water partition coefficient (Wildman–Crippen LogP) is 4.12. The number of benzene rings is 2. The van der Waals surface area contributed by atoms with Crippen molar-refractivity contribution >= 4 is 18.1 Å². The zero-order valence-electron chi connectivity index (χ0n) is 14.1. The number of nitrogens with zero attached hydrogens (tertiary/aromatic N) is 1. The highest BCUT2D eigenvalue weighted by Gasteiger charge is 2.18. The highest BCUT2D eigenvalue weighted by molar-refractivity contribution is 5.85. The third-order valence-electron chi connectivity index (χ3n) is 4.46. The zero-order chi connectivity index (χ0) is 15.9. The molecule has 2 N–H and O–H groups in total. The molecule has 0 atom stereocenters. The van der Waals surface area contributed by atoms with Crippen LogP contribution < -0.4 is 5.73 Å². The molecule has 2 aromatic carbocycles. The van der Waals surface area contributed by atoms with Crippen LogP contribution in [-0.2, 0) is 17.8 Å². The van der Waals surface area contributed by atoms with Crippen molar-refractivity contribution in [2.75, 3.05) is 25.5 Å². The predicted molar refractivity (Wildman–Crippen MR) is 102 cm³/mol. The molecule has 0 amide bonds. The van der Waals surface area contributed by atoms with Gasteiger partial charge < -0.3 is 10.5 Å². The van der Waals surface area contributed by atoms with Crippen molar-refractivity contribution in [2.24, 2.45) is 5.92 Å². The van der Waals surface area contributed by atoms with Crippen LogP contribution in [0.4, 0.5) is 5.69 Å². The van der Waals surface area contributed by atoms with Gasteiger partial charge in [-0.15, -0.1) is 12.4 Å². The Hall–Kier alpha value is -1.55. The molecule has 0 aliphatic carbocycles. The average molecular weight is 347 g/mol. The molecule has 4 heteroatoms. The fraction of sp³-hybridized carbons (Fsp3) is 0.400. The number of nitrogen functional groups attached to an aromatic ring is 1. The van der Waals surface area contributed by atoms with E-state index in [4.69, 9.17) is 10.5 Å². The monoisotopic (exact) mass is 346 g/mol. The molecule has 1 saturated heterocycles. The highest BCUT2D eigenvalue weighted by Crippen LogP contribution is 2.20. The van der Waals surface area contributed by atoms with Crippen molar-refractivity contribution in [1.82, 2.24) is 4.90 Å². The Balaban J connectivity index is 0.00000208. The average Bonchev–Trinajstić information content (AvgIpc) is 2.57. The Morgan fingerprint density at radius 1 is 0.917 bits per heavy atom. The second-order valence-electron chi connectivity index (χ2n) is 6.46. The molecule has 1 heterocycles. The van der Waals surface area contributed by atoms with Crippen molar-refractivity contribution in [2.45, 2.75) is 25.9 Å². The number of halogens is 1. The van der Waals surface area contributed by atoms with Crippen LogP contribution in [0.3, 0.4) is 0 Å². The molecule has 0 saturated carbocycles. The van der Waals surface area contributed by atoms with E-state index in [9.17, 15) is 0 Å². The van der Waals surface area contributed by atoms with Gasteiger partial charge >= 0.3 is 0 Å². The van der Waals surface area contributed by atoms with Gasteiger partial charge in [0, 0.05) is 38.5 Å². The van der Waals surface area contributed by atoms with Crippen LogP contribution >= 0.6 is 12.4 Å². The number of rotatable bonds is 6. The summed E-state index contributed by atoms with van der Waals surface area (Å²) in [7, 11) is 0. The molecule has 0 aromatic heterocycles. The lowest BCUT2D eigenvalue weighted by atomic mass is 9.99. The van der Waals surface area contributed by atoms with Crippen LogP contribution in [-0.4, -0.2) is 24.7 Å². The topological polar surface area (TPSA) is 38.5 Å². The molecule has 0 spiro atoms. The summed E-state index contributed by atoms with van der Waals surface area (Å²) in [5, 5.41) is 0. The van der Waals surface area contributed by atoms with E-state index >= 15 is 0 Å². The summed E-state index contributed by atoms with van der Waals surface area (Å²) in [6, 6.07) is 18.9. The Morgan fingerprint density at radius 3 is 2.29 bits per heavy atom. The summed E-state index contributed by atoms with van der Waals surface area (Å²) < 4.78 is 5.50. The van der Waals surface area contributed by atoms with E-state index in [2.05, 4.69) is 47.4 Å². The van der Waals surface area contributed by atoms with Crippen molar-refractivity contribution in [3.05, 3.63) is 65.7 Å². The molecule has 0 unspecified atom stereocenters. The summed E-state index contributed by atoms with van der Waals surface area (Å²) in [6.45, 7) is 4.85. The first kappa shape index (κ1) is 18.8. The summed E-state index contributed by atoms with van der Waals surface area (Å²) in [4.78, 5) is 2.54. The fourth-order valence-corrected chi connectivity index (χ4v) is 3.27. The molecular weight excluding hydrogens is 320 g/mol. The maximum atomic E-state index is 5.94. The zero-order valence-corrected chi connectivity index (χ0v) is 14.9. The minimum Gasteiger partial charge on any atom is -0.399 e. The Bertz CT molecular complexity index is 600. The van der Waals surface area contributed by atoms with Gasteiger partial charge in [0.2, 0.25) is 0 Å². The van der Waals surface area contributed by atoms with Gasteiger partial charge in [-0.3, -0.25) is 4.90 Å². The third kappa shape index (κ3) is 5.82. The second-order valence-corrected chi connectivity index (χ2v) is 6.46. The van der Waals surface area contributed by atoms with Crippen LogP contribution in [0.5, 0.6) is 0 Å². The summed E-state index contributed by atoms with van der Waals surface area (Å²) in [5.41, 5.74) is 9.43. The fourth-order valence-electron chi connectivity index (χ4n) is 3.27. The van der Waals surface area contributed by atoms with Crippen LogP contribution in [0.25, 0.3) is 0 Å². The molecule has 1 fully saturated rings. The maximum absolute atomic E-state index is 5.94. The Kier molecular flexibility index (Phi) is 7.57. The van der Waals surface area contributed by atoms with E-state index < -0.39 is 0 Å². The standard InChI is InChI=1S/C20H26N2O.ClH/c21-20-8-4-7-19(13-20)16-22(14-17-5-2-1-3-6-17)15-18-9-11-23-12-10-18;/h1-8,13,18H,9-12,14-16,21H2;1H. The van der Waals surface area contributed by atoms with Crippen molar-refractivity contribution in [1.29, 1.82) is 0 Å². The molecule has 0 bridgehead atoms. The van der Waals surface area contributed by atoms with E-state index in [1.165, 1.54) is 24.0 Å². The van der Waals surface area contributed by atoms with Crippen LogP contribution in [0.1, 0.15) is 24.0 Å². The minimum absolute atomic E-state index is 0. The molecule has 1 aliphatic rings. The van der Waals surface area contributed by atoms with Crippen molar-refractivity contribution in [3.8, 4) is 0 Å². The molecule has 130 valence electrons. The minimum atomic E-state index is 0. The number of nitrogens with two attached hydrogens (primary N) is 1. The number of ether oxygens (including phenoxy) is 1. The van der Waals surface area contributed by atoms with Gasteiger partial charge in [-0.25, -0.2) is 0 Å². The SMILES string of the molecule is Cl.Nc1cccc(CN(Cc2ccccc2)CC2CCOCC2)c1. The smallest absolute Gasteiger partial charge is 0.0469 e. The molecule has 3 nitrogen and oxygen atoms in total. The Morgan fingerprint density at radius 2 is 1.58 bits per heavy atom. The van der Waals surface area contributed by atoms with Gasteiger partial charge in [0.25, 0.3) is 0 Å². The summed E-state index contributed by atoms with van der Waals surface area (Å²) in [5.74, 6) is 0.730. The maximum Gasteiger partial charge on any atom is 0.0469 e. The highest BCUT2D eigenvalue weighted by atomic mass is 35.5. The first-order valence-corrected chi connectivity index (χ1v) is 8.48. The summed E-state index contributed by atoms with van der Waals surface area (Å²) in [6.07, 6.45) is 2.34. The van der Waals surface area contributed by atoms with Crippen molar-refractivity contribution < 1.29 is 4.74 Å². The first-order valence-electron chi connectivity index (χ1n) is 8.48. The van der Waals surface area contributed by atoms with Gasteiger partial charge in [0.15, 0.2) is 0 Å². The Labute approximate surface area is 151 Å². The molecule has 0 radical (unpaired) electrons. The van der Waals surface area contributed by atoms with Gasteiger partial charge in [0.05, 0.1) is 0 Å². The number of anilines is 1. The molecule has 2 aromatic rings. The largest absolute Gasteiger partial charge is 0.399 e. The third-order valence-corrected chi connectivity index (χ3v) is 4.46. The quantitative estimate of drug-likeness (QED) is 0.799. The van der Waals surface area contributed by atoms with E-state index in [1.807, 2.05) is 12.1 Å². The number of hydrogen-bond donors (Lipinski definition) is 1. The lowest BCUT2D eigenvalue weighted by Crippen LogP contribution is -2.32. The first-order chi connectivity index (χ1) is 11.3. The van der Waals surface area contributed by atoms with E-state index in [1.54, 1.807) is 0 Å². The molecule has 3 rings (SSSR count). The lowest BCUT2D eigenvalue weighted by molar-refractivity contribution is 0.0502. The molecule has 24 heavy (non-hydrogen) atoms. The van der Waals surface area contributed by atoms with Gasteiger partial charge in [-0.2, -0.15) is 0 Å². The summed E-state index contributed by atoms with van der Waals surface area (Å²) >= 11 is 0. The molecule has 1 aliphatic heterocycles. The van der Waals surface area contributed by atoms with Crippen LogP contribution in [0, 0.1) is 5.92 Å². The van der Waals surface area contributed by atoms with Gasteiger partial charge in [-0.1, -0.05) is 42.5 Å². The van der Waals surface area contributed by atoms with E-state index in [-0.39, 0.29) is 12.4 Å². The van der Waals surface area contributed by atoms with Crippen molar-refractivity contribution in [3.63, 3.8) is 0 Å². The van der Waals surface area contributed by atoms with E-state index in [0.717, 1.165) is 44.5 Å². The van der Waals surface area contributed by atoms with Gasteiger partial charge in [0.1, 0.15) is 0 Å². The van der Waals surface area contributed by atoms with Gasteiger partial charge in [-0.05, 0) is 42.0 Å². The molecular formula is C20H27ClN2O. The van der Waals surface area contributed by atoms with Crippen LogP contribution in [0.15, 0.2) is 54.6 Å². The second kappa shape index (κ2) is 9.67. The van der Waals surface area contributed by atoms with Crippen LogP contribution in [0.2, 0.25) is 0 Å². The number of hydrogen-bond acceptors (Lipinski definition) is 3. The van der Waals surface area contributed by atoms with E-state index in [0.29, 0.717) is 0 Å².